The van der Waals surface area contributed by atoms with Crippen molar-refractivity contribution in [1.29, 1.82) is 0 Å². The number of nitrogens with one attached hydrogen (secondary N) is 2. The normalized spacial score (nSPS) is 27.5. The second-order valence-electron chi connectivity index (χ2n) is 9.54. The maximum Gasteiger partial charge on any atom is 0.238 e. The Morgan fingerprint density at radius 3 is 2.78 bits per heavy atom. The third-order valence-electron chi connectivity index (χ3n) is 7.41. The maximum absolute atomic E-state index is 13.6. The molecule has 0 radical (unpaired) electrons. The fraction of sp³-hybridized carbons (Fsp3) is 0.500. The highest BCUT2D eigenvalue weighted by atomic mass is 19.1. The lowest BCUT2D eigenvalue weighted by Crippen LogP contribution is -2.43. The van der Waals surface area contributed by atoms with Crippen molar-refractivity contribution >= 4 is 17.5 Å². The Hall–Kier alpha value is -2.74. The minimum atomic E-state index is -0.624. The zero-order valence-corrected chi connectivity index (χ0v) is 18.3. The van der Waals surface area contributed by atoms with E-state index in [9.17, 15) is 18.4 Å². The number of hydrogen-bond donors (Lipinski definition) is 3. The second kappa shape index (κ2) is 8.31. The standard InChI is InChI=1S/C24H30F2N4O2/c1-15(18-10-16-12-23(22(27)32)6-7-24(16,18)14-23)29-21(31)13-30(2)9-3-8-28-20-5-4-17(25)11-19(20)26/h4-5,10-11,18,28H,1,3,6-9,12-14H2,2H3,(H2,27,32)(H,29,31). The summed E-state index contributed by atoms with van der Waals surface area (Å²) in [5.41, 5.74) is 7.45. The number of hydrogen-bond acceptors (Lipinski definition) is 4. The Kier molecular flexibility index (Phi) is 5.83. The minimum absolute atomic E-state index is 0.0490. The molecule has 2 bridgehead atoms. The average Bonchev–Trinajstić information content (AvgIpc) is 3.22. The van der Waals surface area contributed by atoms with Crippen LogP contribution in [-0.4, -0.2) is 43.4 Å². The quantitative estimate of drug-likeness (QED) is 0.383. The van der Waals surface area contributed by atoms with E-state index in [0.717, 1.165) is 31.7 Å². The molecule has 0 saturated heterocycles. The lowest BCUT2D eigenvalue weighted by Gasteiger charge is -2.45. The molecule has 8 heteroatoms. The zero-order valence-electron chi connectivity index (χ0n) is 18.3. The first-order valence-electron chi connectivity index (χ1n) is 11.0. The molecule has 3 aliphatic carbocycles. The summed E-state index contributed by atoms with van der Waals surface area (Å²) in [6.07, 6.45) is 6.07. The summed E-state index contributed by atoms with van der Waals surface area (Å²) in [6.45, 7) is 5.45. The van der Waals surface area contributed by atoms with Gasteiger partial charge in [-0.15, -0.1) is 0 Å². The summed E-state index contributed by atoms with van der Waals surface area (Å²) in [5, 5.41) is 5.87. The Labute approximate surface area is 186 Å². The molecule has 1 aromatic rings. The number of halogens is 2. The number of carbonyl (C=O) groups excluding carboxylic acids is 2. The molecule has 1 spiro atoms. The largest absolute Gasteiger partial charge is 0.383 e. The van der Waals surface area contributed by atoms with E-state index in [1.165, 1.54) is 17.7 Å². The summed E-state index contributed by atoms with van der Waals surface area (Å²) >= 11 is 0. The molecule has 4 rings (SSSR count). The van der Waals surface area contributed by atoms with Crippen molar-refractivity contribution in [3.63, 3.8) is 0 Å². The van der Waals surface area contributed by atoms with Crippen LogP contribution >= 0.6 is 0 Å². The molecular weight excluding hydrogens is 414 g/mol. The van der Waals surface area contributed by atoms with E-state index in [4.69, 9.17) is 5.73 Å². The smallest absolute Gasteiger partial charge is 0.238 e. The molecule has 3 atom stereocenters. The predicted molar refractivity (Wildman–Crippen MR) is 118 cm³/mol. The number of benzene rings is 1. The third-order valence-corrected chi connectivity index (χ3v) is 7.41. The molecule has 0 aliphatic heterocycles. The van der Waals surface area contributed by atoms with Crippen LogP contribution in [0.4, 0.5) is 14.5 Å². The molecule has 3 unspecified atom stereocenters. The zero-order chi connectivity index (χ0) is 23.1. The number of likely N-dealkylation sites (N-methyl/N-ethyl adjacent to an activating group) is 1. The van der Waals surface area contributed by atoms with Crippen LogP contribution in [0, 0.1) is 28.4 Å². The Morgan fingerprint density at radius 2 is 2.09 bits per heavy atom. The number of anilines is 1. The van der Waals surface area contributed by atoms with Gasteiger partial charge in [0.25, 0.3) is 0 Å². The van der Waals surface area contributed by atoms with Gasteiger partial charge >= 0.3 is 0 Å². The molecule has 2 fully saturated rings. The molecule has 32 heavy (non-hydrogen) atoms. The highest BCUT2D eigenvalue weighted by Crippen LogP contribution is 2.72. The van der Waals surface area contributed by atoms with Crippen LogP contribution in [0.15, 0.2) is 42.1 Å². The van der Waals surface area contributed by atoms with Gasteiger partial charge in [0.15, 0.2) is 0 Å². The topological polar surface area (TPSA) is 87.5 Å². The van der Waals surface area contributed by atoms with Crippen LogP contribution in [0.3, 0.4) is 0 Å². The van der Waals surface area contributed by atoms with Crippen molar-refractivity contribution in [3.8, 4) is 0 Å². The lowest BCUT2D eigenvalue weighted by atomic mass is 9.60. The van der Waals surface area contributed by atoms with E-state index in [-0.39, 0.29) is 35.4 Å². The number of allylic oxidation sites excluding steroid dienone is 2. The highest BCUT2D eigenvalue weighted by Gasteiger charge is 2.66. The number of fused-ring (bicyclic) bond motifs is 1. The summed E-state index contributed by atoms with van der Waals surface area (Å²) in [4.78, 5) is 26.3. The number of nitrogens with zero attached hydrogens (tertiary/aromatic N) is 1. The van der Waals surface area contributed by atoms with Gasteiger partial charge in [-0.3, -0.25) is 14.5 Å². The minimum Gasteiger partial charge on any atom is -0.383 e. The van der Waals surface area contributed by atoms with E-state index in [1.54, 1.807) is 0 Å². The van der Waals surface area contributed by atoms with Crippen LogP contribution in [0.25, 0.3) is 0 Å². The molecule has 4 N–H and O–H groups in total. The highest BCUT2D eigenvalue weighted by molar-refractivity contribution is 5.84. The monoisotopic (exact) mass is 444 g/mol. The van der Waals surface area contributed by atoms with Crippen molar-refractivity contribution < 1.29 is 18.4 Å². The van der Waals surface area contributed by atoms with Gasteiger partial charge in [-0.25, -0.2) is 8.78 Å². The number of rotatable bonds is 10. The third kappa shape index (κ3) is 3.92. The predicted octanol–water partition coefficient (Wildman–Crippen LogP) is 2.93. The van der Waals surface area contributed by atoms with Crippen molar-refractivity contribution in [2.45, 2.75) is 32.1 Å². The van der Waals surface area contributed by atoms with E-state index < -0.39 is 17.0 Å². The number of carbonyl (C=O) groups is 2. The molecular formula is C24H30F2N4O2. The average molecular weight is 445 g/mol. The van der Waals surface area contributed by atoms with Gasteiger partial charge in [-0.2, -0.15) is 0 Å². The van der Waals surface area contributed by atoms with Crippen LogP contribution in [0.5, 0.6) is 0 Å². The fourth-order valence-corrected chi connectivity index (χ4v) is 5.72. The molecule has 0 heterocycles. The van der Waals surface area contributed by atoms with E-state index in [2.05, 4.69) is 23.3 Å². The van der Waals surface area contributed by atoms with Crippen LogP contribution in [-0.2, 0) is 9.59 Å². The Bertz CT molecular complexity index is 994. The first-order valence-corrected chi connectivity index (χ1v) is 11.0. The van der Waals surface area contributed by atoms with Crippen LogP contribution in [0.2, 0.25) is 0 Å². The molecule has 2 amide bonds. The molecule has 6 nitrogen and oxygen atoms in total. The SMILES string of the molecule is C=C(NC(=O)CN(C)CCCNc1ccc(F)cc1F)C1C=C2CC3(C(N)=O)CCC21C3. The second-order valence-corrected chi connectivity index (χ2v) is 9.54. The Morgan fingerprint density at radius 1 is 1.31 bits per heavy atom. The molecule has 3 aliphatic rings. The van der Waals surface area contributed by atoms with Crippen molar-refractivity contribution in [2.75, 3.05) is 32.0 Å². The molecule has 172 valence electrons. The lowest BCUT2D eigenvalue weighted by molar-refractivity contribution is -0.127. The van der Waals surface area contributed by atoms with Crippen molar-refractivity contribution in [2.24, 2.45) is 22.5 Å². The number of primary amides is 1. The van der Waals surface area contributed by atoms with Gasteiger partial charge < -0.3 is 16.4 Å². The van der Waals surface area contributed by atoms with Gasteiger partial charge in [0.2, 0.25) is 11.8 Å². The van der Waals surface area contributed by atoms with Gasteiger partial charge in [-0.1, -0.05) is 18.2 Å². The van der Waals surface area contributed by atoms with Crippen LogP contribution in [0.1, 0.15) is 32.1 Å². The van der Waals surface area contributed by atoms with Gasteiger partial charge in [0.05, 0.1) is 17.6 Å². The van der Waals surface area contributed by atoms with Gasteiger partial charge in [-0.05, 0) is 51.3 Å². The summed E-state index contributed by atoms with van der Waals surface area (Å²) in [6, 6.07) is 3.42. The summed E-state index contributed by atoms with van der Waals surface area (Å²) in [5.74, 6) is -1.52. The molecule has 2 saturated carbocycles. The van der Waals surface area contributed by atoms with Gasteiger partial charge in [0, 0.05) is 36.2 Å². The maximum atomic E-state index is 13.6. The van der Waals surface area contributed by atoms with Gasteiger partial charge in [0.1, 0.15) is 11.6 Å². The fourth-order valence-electron chi connectivity index (χ4n) is 5.72. The Balaban J connectivity index is 1.19. The molecule has 0 aromatic heterocycles. The first-order chi connectivity index (χ1) is 15.1. The summed E-state index contributed by atoms with van der Waals surface area (Å²) < 4.78 is 26.6. The molecule has 1 aromatic carbocycles. The van der Waals surface area contributed by atoms with E-state index in [1.807, 2.05) is 11.9 Å². The number of amides is 2. The van der Waals surface area contributed by atoms with Crippen LogP contribution < -0.4 is 16.4 Å². The summed E-state index contributed by atoms with van der Waals surface area (Å²) in [7, 11) is 1.84. The van der Waals surface area contributed by atoms with E-state index in [0.29, 0.717) is 25.2 Å². The first kappa shape index (κ1) is 22.5. The number of nitrogens with two attached hydrogens (primary N) is 1. The van der Waals surface area contributed by atoms with Crippen molar-refractivity contribution in [1.82, 2.24) is 10.2 Å². The van der Waals surface area contributed by atoms with E-state index >= 15 is 0 Å². The van der Waals surface area contributed by atoms with Crippen molar-refractivity contribution in [3.05, 3.63) is 53.8 Å².